The van der Waals surface area contributed by atoms with Crippen molar-refractivity contribution in [2.24, 2.45) is 0 Å². The third-order valence-corrected chi connectivity index (χ3v) is 3.27. The van der Waals surface area contributed by atoms with Crippen molar-refractivity contribution >= 4 is 0 Å². The quantitative estimate of drug-likeness (QED) is 0.875. The lowest BCUT2D eigenvalue weighted by molar-refractivity contribution is 0.893. The first kappa shape index (κ1) is 12.9. The van der Waals surface area contributed by atoms with Crippen LogP contribution in [0.2, 0.25) is 0 Å². The van der Waals surface area contributed by atoms with E-state index in [1.165, 1.54) is 0 Å². The molecule has 0 aromatic heterocycles. The van der Waals surface area contributed by atoms with E-state index in [0.717, 1.165) is 28.1 Å². The molecular formula is C16H15N3. The van der Waals surface area contributed by atoms with Crippen molar-refractivity contribution in [1.29, 1.82) is 10.5 Å². The number of benzene rings is 1. The highest BCUT2D eigenvalue weighted by molar-refractivity contribution is 5.39. The fraction of sp³-hybridized carbons (Fsp3) is 0.250. The lowest BCUT2D eigenvalue weighted by Crippen LogP contribution is -2.14. The van der Waals surface area contributed by atoms with Gasteiger partial charge in [0, 0.05) is 29.0 Å². The Bertz CT molecular complexity index is 610. The van der Waals surface area contributed by atoms with Crippen molar-refractivity contribution in [3.63, 3.8) is 0 Å². The van der Waals surface area contributed by atoms with Crippen LogP contribution in [0.1, 0.15) is 25.3 Å². The van der Waals surface area contributed by atoms with E-state index in [1.807, 2.05) is 37.3 Å². The van der Waals surface area contributed by atoms with E-state index in [9.17, 15) is 5.26 Å². The number of nitriles is 2. The first-order valence-corrected chi connectivity index (χ1v) is 6.27. The maximum absolute atomic E-state index is 9.26. The number of nitrogens with one attached hydrogen (secondary N) is 1. The molecule has 3 nitrogen and oxygen atoms in total. The summed E-state index contributed by atoms with van der Waals surface area (Å²) in [4.78, 5) is 0. The minimum atomic E-state index is 0.631. The number of rotatable bonds is 2. The van der Waals surface area contributed by atoms with E-state index in [0.29, 0.717) is 19.3 Å². The van der Waals surface area contributed by atoms with Crippen LogP contribution < -0.4 is 5.32 Å². The van der Waals surface area contributed by atoms with Gasteiger partial charge in [-0.3, -0.25) is 0 Å². The fourth-order valence-corrected chi connectivity index (χ4v) is 2.18. The molecule has 0 radical (unpaired) electrons. The van der Waals surface area contributed by atoms with Crippen LogP contribution >= 0.6 is 0 Å². The Hall–Kier alpha value is -2.52. The van der Waals surface area contributed by atoms with E-state index >= 15 is 0 Å². The average molecular weight is 249 g/mol. The van der Waals surface area contributed by atoms with Crippen molar-refractivity contribution in [1.82, 2.24) is 5.32 Å². The predicted molar refractivity (Wildman–Crippen MR) is 73.5 cm³/mol. The van der Waals surface area contributed by atoms with Crippen LogP contribution in [0, 0.1) is 22.7 Å². The summed E-state index contributed by atoms with van der Waals surface area (Å²) in [6, 6.07) is 14.5. The van der Waals surface area contributed by atoms with Gasteiger partial charge in [0.15, 0.2) is 0 Å². The van der Waals surface area contributed by atoms with Gasteiger partial charge >= 0.3 is 0 Å². The molecule has 3 heteroatoms. The Balaban J connectivity index is 2.30. The monoisotopic (exact) mass is 249 g/mol. The van der Waals surface area contributed by atoms with Gasteiger partial charge in [-0.2, -0.15) is 10.5 Å². The van der Waals surface area contributed by atoms with Crippen LogP contribution in [0.4, 0.5) is 0 Å². The molecule has 0 saturated carbocycles. The molecular weight excluding hydrogens is 234 g/mol. The molecule has 0 bridgehead atoms. The van der Waals surface area contributed by atoms with Gasteiger partial charge in [0.25, 0.3) is 0 Å². The molecule has 0 spiro atoms. The van der Waals surface area contributed by atoms with Crippen LogP contribution in [0.3, 0.4) is 0 Å². The zero-order chi connectivity index (χ0) is 13.7. The van der Waals surface area contributed by atoms with E-state index in [2.05, 4.69) is 17.5 Å². The normalized spacial score (nSPS) is 15.3. The topological polar surface area (TPSA) is 59.6 Å². The molecule has 0 saturated heterocycles. The second kappa shape index (κ2) is 5.89. The van der Waals surface area contributed by atoms with Gasteiger partial charge in [-0.25, -0.2) is 0 Å². The second-order valence-electron chi connectivity index (χ2n) is 4.57. The molecule has 0 unspecified atom stereocenters. The summed E-state index contributed by atoms with van der Waals surface area (Å²) in [7, 11) is 0. The van der Waals surface area contributed by atoms with Crippen molar-refractivity contribution in [2.45, 2.75) is 26.2 Å². The molecule has 94 valence electrons. The smallest absolute Gasteiger partial charge is 0.0965 e. The zero-order valence-corrected chi connectivity index (χ0v) is 10.9. The first-order chi connectivity index (χ1) is 9.24. The summed E-state index contributed by atoms with van der Waals surface area (Å²) in [5.41, 5.74) is 4.41. The van der Waals surface area contributed by atoms with Gasteiger partial charge in [-0.05, 0) is 25.3 Å². The van der Waals surface area contributed by atoms with Crippen LogP contribution in [-0.4, -0.2) is 0 Å². The molecule has 1 aromatic rings. The average Bonchev–Trinajstić information content (AvgIpc) is 2.58. The summed E-state index contributed by atoms with van der Waals surface area (Å²) >= 11 is 0. The molecule has 0 amide bonds. The molecule has 0 aliphatic carbocycles. The van der Waals surface area contributed by atoms with Crippen LogP contribution in [0.25, 0.3) is 0 Å². The Morgan fingerprint density at radius 3 is 2.32 bits per heavy atom. The van der Waals surface area contributed by atoms with Crippen LogP contribution in [-0.2, 0) is 6.42 Å². The number of allylic oxidation sites excluding steroid dienone is 4. The van der Waals surface area contributed by atoms with Gasteiger partial charge in [0.2, 0.25) is 0 Å². The molecule has 0 fully saturated rings. The van der Waals surface area contributed by atoms with Gasteiger partial charge in [0.05, 0.1) is 12.1 Å². The SMILES string of the molecule is CC1=C(C#N)CCC(C#N)=C(Cc2ccccc2)N1. The van der Waals surface area contributed by atoms with E-state index in [-0.39, 0.29) is 0 Å². The van der Waals surface area contributed by atoms with Crippen molar-refractivity contribution < 1.29 is 0 Å². The Morgan fingerprint density at radius 2 is 1.68 bits per heavy atom. The van der Waals surface area contributed by atoms with E-state index in [4.69, 9.17) is 5.26 Å². The molecule has 1 aliphatic heterocycles. The highest BCUT2D eigenvalue weighted by Gasteiger charge is 2.15. The molecule has 0 atom stereocenters. The fourth-order valence-electron chi connectivity index (χ4n) is 2.18. The standard InChI is InChI=1S/C16H15N3/c1-12-14(10-17)7-8-15(11-18)16(19-12)9-13-5-3-2-4-6-13/h2-6,19H,7-9H2,1H3. The van der Waals surface area contributed by atoms with Gasteiger partial charge in [-0.15, -0.1) is 0 Å². The Kier molecular flexibility index (Phi) is 4.00. The van der Waals surface area contributed by atoms with Crippen LogP contribution in [0.15, 0.2) is 52.9 Å². The van der Waals surface area contributed by atoms with Gasteiger partial charge in [-0.1, -0.05) is 30.3 Å². The highest BCUT2D eigenvalue weighted by Crippen LogP contribution is 2.23. The molecule has 19 heavy (non-hydrogen) atoms. The summed E-state index contributed by atoms with van der Waals surface area (Å²) in [5, 5.41) is 21.6. The largest absolute Gasteiger partial charge is 0.361 e. The lowest BCUT2D eigenvalue weighted by atomic mass is 10.0. The summed E-state index contributed by atoms with van der Waals surface area (Å²) < 4.78 is 0. The molecule has 1 N–H and O–H groups in total. The molecule has 2 rings (SSSR count). The van der Waals surface area contributed by atoms with E-state index in [1.54, 1.807) is 0 Å². The van der Waals surface area contributed by atoms with Crippen LogP contribution in [0.5, 0.6) is 0 Å². The third-order valence-electron chi connectivity index (χ3n) is 3.27. The minimum Gasteiger partial charge on any atom is -0.361 e. The molecule has 1 aliphatic rings. The molecule has 1 aromatic carbocycles. The summed E-state index contributed by atoms with van der Waals surface area (Å²) in [6.45, 7) is 1.89. The highest BCUT2D eigenvalue weighted by atomic mass is 14.9. The number of nitrogens with zero attached hydrogens (tertiary/aromatic N) is 2. The van der Waals surface area contributed by atoms with Gasteiger partial charge in [0.1, 0.15) is 0 Å². The molecule has 1 heterocycles. The summed E-state index contributed by atoms with van der Waals surface area (Å²) in [5.74, 6) is 0. The third kappa shape index (κ3) is 3.03. The number of hydrogen-bond donors (Lipinski definition) is 1. The zero-order valence-electron chi connectivity index (χ0n) is 10.9. The van der Waals surface area contributed by atoms with Crippen molar-refractivity contribution in [2.75, 3.05) is 0 Å². The Morgan fingerprint density at radius 1 is 1.05 bits per heavy atom. The summed E-state index contributed by atoms with van der Waals surface area (Å²) in [6.07, 6.45) is 1.96. The second-order valence-corrected chi connectivity index (χ2v) is 4.57. The van der Waals surface area contributed by atoms with Crippen molar-refractivity contribution in [3.8, 4) is 12.1 Å². The van der Waals surface area contributed by atoms with Crippen molar-refractivity contribution in [3.05, 3.63) is 58.4 Å². The maximum atomic E-state index is 9.26. The van der Waals surface area contributed by atoms with E-state index < -0.39 is 0 Å². The Labute approximate surface area is 113 Å². The predicted octanol–water partition coefficient (Wildman–Crippen LogP) is 3.19. The minimum absolute atomic E-state index is 0.631. The van der Waals surface area contributed by atoms with Gasteiger partial charge < -0.3 is 5.32 Å². The first-order valence-electron chi connectivity index (χ1n) is 6.27. The number of hydrogen-bond acceptors (Lipinski definition) is 3. The maximum Gasteiger partial charge on any atom is 0.0965 e. The lowest BCUT2D eigenvalue weighted by Gasteiger charge is -2.12.